The van der Waals surface area contributed by atoms with Crippen molar-refractivity contribution < 1.29 is 14.6 Å². The number of aromatic nitrogens is 1. The summed E-state index contributed by atoms with van der Waals surface area (Å²) in [6, 6.07) is 4.06. The van der Waals surface area contributed by atoms with Crippen LogP contribution in [0.15, 0.2) is 12.1 Å². The van der Waals surface area contributed by atoms with Gasteiger partial charge in [0.2, 0.25) is 0 Å². The zero-order chi connectivity index (χ0) is 15.1. The predicted molar refractivity (Wildman–Crippen MR) is 82.1 cm³/mol. The van der Waals surface area contributed by atoms with E-state index in [1.165, 1.54) is 22.2 Å². The van der Waals surface area contributed by atoms with Crippen molar-refractivity contribution in [3.05, 3.63) is 29.0 Å². The van der Waals surface area contributed by atoms with Crippen LogP contribution >= 0.6 is 0 Å². The molecule has 0 radical (unpaired) electrons. The minimum absolute atomic E-state index is 0.112. The van der Waals surface area contributed by atoms with E-state index in [2.05, 4.69) is 24.6 Å². The lowest BCUT2D eigenvalue weighted by molar-refractivity contribution is -0.137. The van der Waals surface area contributed by atoms with E-state index in [-0.39, 0.29) is 12.3 Å². The van der Waals surface area contributed by atoms with Crippen molar-refractivity contribution in [2.75, 3.05) is 7.11 Å². The number of rotatable bonds is 3. The molecule has 0 aliphatic heterocycles. The number of aliphatic carboxylic acids is 1. The molecule has 3 rings (SSSR count). The second-order valence-corrected chi connectivity index (χ2v) is 5.91. The minimum Gasteiger partial charge on any atom is -0.495 e. The third-order valence-corrected chi connectivity index (χ3v) is 4.69. The summed E-state index contributed by atoms with van der Waals surface area (Å²) in [6.07, 6.45) is 3.23. The summed E-state index contributed by atoms with van der Waals surface area (Å²) >= 11 is 0. The topological polar surface area (TPSA) is 51.5 Å². The number of fused-ring (bicyclic) bond motifs is 3. The summed E-state index contributed by atoms with van der Waals surface area (Å²) in [7, 11) is 3.75. The van der Waals surface area contributed by atoms with Gasteiger partial charge >= 0.3 is 5.97 Å². The summed E-state index contributed by atoms with van der Waals surface area (Å²) in [4.78, 5) is 11.2. The van der Waals surface area contributed by atoms with E-state index in [9.17, 15) is 9.90 Å². The fourth-order valence-corrected chi connectivity index (χ4v) is 3.79. The number of hydrogen-bond acceptors (Lipinski definition) is 2. The van der Waals surface area contributed by atoms with Crippen molar-refractivity contribution in [3.8, 4) is 5.75 Å². The molecule has 4 heteroatoms. The van der Waals surface area contributed by atoms with Gasteiger partial charge in [-0.3, -0.25) is 4.79 Å². The van der Waals surface area contributed by atoms with Gasteiger partial charge in [0.15, 0.2) is 0 Å². The molecular weight excluding hydrogens is 266 g/mol. The number of nitrogens with zero attached hydrogens (tertiary/aromatic N) is 1. The zero-order valence-electron chi connectivity index (χ0n) is 12.8. The van der Waals surface area contributed by atoms with Crippen LogP contribution in [0.4, 0.5) is 0 Å². The van der Waals surface area contributed by atoms with Gasteiger partial charge in [-0.1, -0.05) is 6.07 Å². The zero-order valence-corrected chi connectivity index (χ0v) is 12.8. The van der Waals surface area contributed by atoms with Crippen molar-refractivity contribution in [1.82, 2.24) is 4.57 Å². The van der Waals surface area contributed by atoms with Crippen molar-refractivity contribution in [3.63, 3.8) is 0 Å². The highest BCUT2D eigenvalue weighted by Crippen LogP contribution is 2.44. The summed E-state index contributed by atoms with van der Waals surface area (Å²) < 4.78 is 7.72. The number of aryl methyl sites for hydroxylation is 2. The third kappa shape index (κ3) is 2.09. The quantitative estimate of drug-likeness (QED) is 0.941. The van der Waals surface area contributed by atoms with Gasteiger partial charge in [0, 0.05) is 18.1 Å². The van der Waals surface area contributed by atoms with Crippen molar-refractivity contribution in [2.45, 2.75) is 38.5 Å². The minimum atomic E-state index is -0.717. The molecule has 2 aromatic rings. The van der Waals surface area contributed by atoms with E-state index in [1.807, 2.05) is 6.07 Å². The molecule has 1 heterocycles. The lowest BCUT2D eigenvalue weighted by Gasteiger charge is -2.22. The maximum absolute atomic E-state index is 11.2. The van der Waals surface area contributed by atoms with Crippen molar-refractivity contribution in [1.29, 1.82) is 0 Å². The SMILES string of the molecule is COc1ccc(C)c2c3c(n(C)c12)CCCC3CC(=O)O. The number of hydrogen-bond donors (Lipinski definition) is 1. The van der Waals surface area contributed by atoms with Crippen LogP contribution in [-0.2, 0) is 18.3 Å². The maximum atomic E-state index is 11.2. The van der Waals surface area contributed by atoms with Gasteiger partial charge in [-0.2, -0.15) is 0 Å². The molecule has 0 bridgehead atoms. The Morgan fingerprint density at radius 1 is 1.48 bits per heavy atom. The molecule has 1 atom stereocenters. The first-order chi connectivity index (χ1) is 10.0. The molecule has 21 heavy (non-hydrogen) atoms. The number of benzene rings is 1. The Morgan fingerprint density at radius 2 is 2.24 bits per heavy atom. The lowest BCUT2D eigenvalue weighted by Crippen LogP contribution is -2.14. The highest BCUT2D eigenvalue weighted by atomic mass is 16.5. The van der Waals surface area contributed by atoms with E-state index in [0.29, 0.717) is 0 Å². The maximum Gasteiger partial charge on any atom is 0.303 e. The number of carbonyl (C=O) groups is 1. The highest BCUT2D eigenvalue weighted by Gasteiger charge is 2.29. The first-order valence-electron chi connectivity index (χ1n) is 7.41. The molecule has 0 saturated carbocycles. The number of carboxylic acids is 1. The Hall–Kier alpha value is -1.97. The summed E-state index contributed by atoms with van der Waals surface area (Å²) in [6.45, 7) is 2.09. The molecule has 0 fully saturated rings. The molecule has 1 aromatic carbocycles. The molecule has 112 valence electrons. The smallest absolute Gasteiger partial charge is 0.303 e. The van der Waals surface area contributed by atoms with Crippen molar-refractivity contribution >= 4 is 16.9 Å². The second kappa shape index (κ2) is 5.10. The van der Waals surface area contributed by atoms with Crippen LogP contribution in [0.5, 0.6) is 5.75 Å². The highest BCUT2D eigenvalue weighted by molar-refractivity contribution is 5.94. The van der Waals surface area contributed by atoms with Crippen LogP contribution in [0.2, 0.25) is 0 Å². The fourth-order valence-electron chi connectivity index (χ4n) is 3.79. The number of ether oxygens (including phenoxy) is 1. The molecule has 4 nitrogen and oxygen atoms in total. The average Bonchev–Trinajstić information content (AvgIpc) is 2.75. The monoisotopic (exact) mass is 287 g/mol. The Bertz CT molecular complexity index is 715. The summed E-state index contributed by atoms with van der Waals surface area (Å²) in [5, 5.41) is 10.4. The Kier molecular flexibility index (Phi) is 3.40. The van der Waals surface area contributed by atoms with Crippen molar-refractivity contribution in [2.24, 2.45) is 7.05 Å². The predicted octanol–water partition coefficient (Wildman–Crippen LogP) is 3.39. The van der Waals surface area contributed by atoms with E-state index < -0.39 is 5.97 Å². The lowest BCUT2D eigenvalue weighted by atomic mass is 9.82. The molecule has 1 aliphatic rings. The van der Waals surface area contributed by atoms with Crippen LogP contribution in [-0.4, -0.2) is 22.8 Å². The van der Waals surface area contributed by atoms with Gasteiger partial charge in [0.25, 0.3) is 0 Å². The first-order valence-corrected chi connectivity index (χ1v) is 7.41. The largest absolute Gasteiger partial charge is 0.495 e. The molecule has 0 spiro atoms. The van der Waals surface area contributed by atoms with E-state index in [0.717, 1.165) is 30.5 Å². The fraction of sp³-hybridized carbons (Fsp3) is 0.471. The van der Waals surface area contributed by atoms with Gasteiger partial charge in [-0.25, -0.2) is 0 Å². The normalized spacial score (nSPS) is 17.8. The van der Waals surface area contributed by atoms with Crippen LogP contribution in [0.25, 0.3) is 10.9 Å². The van der Waals surface area contributed by atoms with Gasteiger partial charge in [0.05, 0.1) is 19.0 Å². The summed E-state index contributed by atoms with van der Waals surface area (Å²) in [5.41, 5.74) is 4.80. The molecular formula is C17H21NO3. The molecule has 0 amide bonds. The average molecular weight is 287 g/mol. The second-order valence-electron chi connectivity index (χ2n) is 5.91. The van der Waals surface area contributed by atoms with Gasteiger partial charge in [0.1, 0.15) is 5.75 Å². The standard InChI is InChI=1S/C17H21NO3/c1-10-7-8-13(21-3)17-15(10)16-11(9-14(19)20)5-4-6-12(16)18(17)2/h7-8,11H,4-6,9H2,1-3H3,(H,19,20). The Morgan fingerprint density at radius 3 is 2.90 bits per heavy atom. The van der Waals surface area contributed by atoms with Crippen LogP contribution < -0.4 is 4.74 Å². The number of methoxy groups -OCH3 is 1. The van der Waals surface area contributed by atoms with Gasteiger partial charge in [-0.15, -0.1) is 0 Å². The molecule has 0 saturated heterocycles. The van der Waals surface area contributed by atoms with Crippen LogP contribution in [0.1, 0.15) is 42.0 Å². The third-order valence-electron chi connectivity index (χ3n) is 4.69. The Labute approximate surface area is 124 Å². The van der Waals surface area contributed by atoms with Crippen LogP contribution in [0, 0.1) is 6.92 Å². The Balaban J connectivity index is 2.32. The van der Waals surface area contributed by atoms with Crippen LogP contribution in [0.3, 0.4) is 0 Å². The molecule has 1 N–H and O–H groups in total. The van der Waals surface area contributed by atoms with E-state index >= 15 is 0 Å². The number of carboxylic acid groups (broad SMARTS) is 1. The van der Waals surface area contributed by atoms with E-state index in [1.54, 1.807) is 7.11 Å². The van der Waals surface area contributed by atoms with Gasteiger partial charge in [-0.05, 0) is 49.3 Å². The van der Waals surface area contributed by atoms with Gasteiger partial charge < -0.3 is 14.4 Å². The first kappa shape index (κ1) is 14.0. The van der Waals surface area contributed by atoms with E-state index in [4.69, 9.17) is 4.74 Å². The molecule has 1 unspecified atom stereocenters. The molecule has 1 aromatic heterocycles. The molecule has 1 aliphatic carbocycles. The summed E-state index contributed by atoms with van der Waals surface area (Å²) in [5.74, 6) is 0.257.